The van der Waals surface area contributed by atoms with E-state index in [1.165, 1.54) is 0 Å². The third-order valence-electron chi connectivity index (χ3n) is 1.27. The van der Waals surface area contributed by atoms with Gasteiger partial charge in [-0.05, 0) is 36.7 Å². The maximum atomic E-state index is 5.71. The van der Waals surface area contributed by atoms with Gasteiger partial charge in [-0.2, -0.15) is 5.10 Å². The van der Waals surface area contributed by atoms with Crippen LogP contribution in [0.3, 0.4) is 0 Å². The van der Waals surface area contributed by atoms with Gasteiger partial charge in [-0.3, -0.25) is 4.68 Å². The van der Waals surface area contributed by atoms with Crippen LogP contribution in [-0.4, -0.2) is 9.78 Å². The first-order valence-electron chi connectivity index (χ1n) is 3.33. The standard InChI is InChI=1S/C7H10BrClN2/c1-7(2,3)11-5(8)4-6(9)10-11/h4H,1-3H3. The fraction of sp³-hybridized carbons (Fsp3) is 0.571. The lowest BCUT2D eigenvalue weighted by Crippen LogP contribution is -2.23. The van der Waals surface area contributed by atoms with Crippen LogP contribution in [0, 0.1) is 0 Å². The van der Waals surface area contributed by atoms with E-state index in [0.29, 0.717) is 5.15 Å². The van der Waals surface area contributed by atoms with E-state index in [0.717, 1.165) is 4.60 Å². The quantitative estimate of drug-likeness (QED) is 0.678. The van der Waals surface area contributed by atoms with Crippen LogP contribution < -0.4 is 0 Å². The monoisotopic (exact) mass is 236 g/mol. The second-order valence-electron chi connectivity index (χ2n) is 3.37. The molecule has 0 atom stereocenters. The molecule has 1 heterocycles. The normalized spacial score (nSPS) is 12.1. The van der Waals surface area contributed by atoms with Crippen molar-refractivity contribution >= 4 is 27.5 Å². The van der Waals surface area contributed by atoms with E-state index < -0.39 is 0 Å². The van der Waals surface area contributed by atoms with Gasteiger partial charge in [-0.1, -0.05) is 11.6 Å². The van der Waals surface area contributed by atoms with Crippen molar-refractivity contribution in [1.82, 2.24) is 9.78 Å². The average molecular weight is 238 g/mol. The molecule has 4 heteroatoms. The van der Waals surface area contributed by atoms with Crippen molar-refractivity contribution < 1.29 is 0 Å². The Labute approximate surface area is 79.7 Å². The van der Waals surface area contributed by atoms with Crippen molar-refractivity contribution in [2.45, 2.75) is 26.3 Å². The van der Waals surface area contributed by atoms with Crippen LogP contribution in [0.25, 0.3) is 0 Å². The van der Waals surface area contributed by atoms with Gasteiger partial charge < -0.3 is 0 Å². The van der Waals surface area contributed by atoms with Gasteiger partial charge >= 0.3 is 0 Å². The summed E-state index contributed by atoms with van der Waals surface area (Å²) in [5, 5.41) is 4.64. The molecule has 0 aliphatic heterocycles. The summed E-state index contributed by atoms with van der Waals surface area (Å²) in [5.41, 5.74) is -0.0219. The summed E-state index contributed by atoms with van der Waals surface area (Å²) in [6, 6.07) is 1.78. The molecule has 0 aliphatic carbocycles. The SMILES string of the molecule is CC(C)(C)n1nc(Cl)cc1Br. The molecule has 0 N–H and O–H groups in total. The van der Waals surface area contributed by atoms with Crippen molar-refractivity contribution in [3.05, 3.63) is 15.8 Å². The lowest BCUT2D eigenvalue weighted by molar-refractivity contribution is 0.349. The van der Waals surface area contributed by atoms with E-state index in [-0.39, 0.29) is 5.54 Å². The van der Waals surface area contributed by atoms with Crippen molar-refractivity contribution in [2.75, 3.05) is 0 Å². The molecular formula is C7H10BrClN2. The van der Waals surface area contributed by atoms with Crippen LogP contribution in [0.15, 0.2) is 10.7 Å². The summed E-state index contributed by atoms with van der Waals surface area (Å²) in [5.74, 6) is 0. The Morgan fingerprint density at radius 1 is 1.55 bits per heavy atom. The van der Waals surface area contributed by atoms with E-state index in [4.69, 9.17) is 11.6 Å². The Balaban J connectivity index is 3.13. The van der Waals surface area contributed by atoms with Crippen LogP contribution in [0.4, 0.5) is 0 Å². The van der Waals surface area contributed by atoms with Gasteiger partial charge in [0.2, 0.25) is 0 Å². The van der Waals surface area contributed by atoms with Gasteiger partial charge in [0, 0.05) is 6.07 Å². The summed E-state index contributed by atoms with van der Waals surface area (Å²) >= 11 is 9.08. The van der Waals surface area contributed by atoms with Crippen molar-refractivity contribution in [3.63, 3.8) is 0 Å². The first kappa shape index (κ1) is 9.07. The van der Waals surface area contributed by atoms with Crippen LogP contribution >= 0.6 is 27.5 Å². The zero-order chi connectivity index (χ0) is 8.65. The van der Waals surface area contributed by atoms with E-state index in [1.807, 2.05) is 4.68 Å². The maximum absolute atomic E-state index is 5.71. The fourth-order valence-electron chi connectivity index (χ4n) is 0.802. The Hall–Kier alpha value is -0.0200. The maximum Gasteiger partial charge on any atom is 0.152 e. The highest BCUT2D eigenvalue weighted by atomic mass is 79.9. The number of hydrogen-bond acceptors (Lipinski definition) is 1. The van der Waals surface area contributed by atoms with Gasteiger partial charge in [-0.15, -0.1) is 0 Å². The second kappa shape index (κ2) is 2.79. The molecule has 0 radical (unpaired) electrons. The molecule has 0 unspecified atom stereocenters. The van der Waals surface area contributed by atoms with Gasteiger partial charge in [-0.25, -0.2) is 0 Å². The molecule has 0 amide bonds. The molecule has 1 rings (SSSR count). The topological polar surface area (TPSA) is 17.8 Å². The third-order valence-corrected chi connectivity index (χ3v) is 2.02. The smallest absolute Gasteiger partial charge is 0.152 e. The first-order chi connectivity index (χ1) is 4.91. The minimum Gasteiger partial charge on any atom is -0.252 e. The molecule has 11 heavy (non-hydrogen) atoms. The highest BCUT2D eigenvalue weighted by Crippen LogP contribution is 2.23. The van der Waals surface area contributed by atoms with Gasteiger partial charge in [0.25, 0.3) is 0 Å². The Morgan fingerprint density at radius 3 is 2.27 bits per heavy atom. The Morgan fingerprint density at radius 2 is 2.09 bits per heavy atom. The zero-order valence-electron chi connectivity index (χ0n) is 6.73. The van der Waals surface area contributed by atoms with Crippen molar-refractivity contribution in [1.29, 1.82) is 0 Å². The summed E-state index contributed by atoms with van der Waals surface area (Å²) in [7, 11) is 0. The first-order valence-corrected chi connectivity index (χ1v) is 4.50. The third kappa shape index (κ3) is 1.97. The predicted octanol–water partition coefficient (Wildman–Crippen LogP) is 3.05. The summed E-state index contributed by atoms with van der Waals surface area (Å²) in [4.78, 5) is 0. The highest BCUT2D eigenvalue weighted by Gasteiger charge is 2.17. The second-order valence-corrected chi connectivity index (χ2v) is 4.57. The largest absolute Gasteiger partial charge is 0.252 e. The lowest BCUT2D eigenvalue weighted by atomic mass is 10.1. The lowest BCUT2D eigenvalue weighted by Gasteiger charge is -2.20. The Bertz CT molecular complexity index is 262. The number of nitrogens with zero attached hydrogens (tertiary/aromatic N) is 2. The molecule has 1 aromatic heterocycles. The molecular weight excluding hydrogens is 227 g/mol. The molecule has 2 nitrogen and oxygen atoms in total. The molecule has 0 fully saturated rings. The molecule has 0 bridgehead atoms. The molecule has 1 aromatic rings. The average Bonchev–Trinajstić information content (AvgIpc) is 2.08. The molecule has 0 saturated heterocycles. The zero-order valence-corrected chi connectivity index (χ0v) is 9.07. The van der Waals surface area contributed by atoms with E-state index >= 15 is 0 Å². The minimum atomic E-state index is -0.0219. The number of aromatic nitrogens is 2. The Kier molecular flexibility index (Phi) is 2.30. The highest BCUT2D eigenvalue weighted by molar-refractivity contribution is 9.10. The van der Waals surface area contributed by atoms with Gasteiger partial charge in [0.1, 0.15) is 4.60 Å². The molecule has 0 saturated carbocycles. The van der Waals surface area contributed by atoms with Gasteiger partial charge in [0.15, 0.2) is 5.15 Å². The molecule has 0 spiro atoms. The number of hydrogen-bond donors (Lipinski definition) is 0. The van der Waals surface area contributed by atoms with E-state index in [9.17, 15) is 0 Å². The predicted molar refractivity (Wildman–Crippen MR) is 49.9 cm³/mol. The summed E-state index contributed by atoms with van der Waals surface area (Å²) < 4.78 is 2.75. The van der Waals surface area contributed by atoms with Crippen LogP contribution in [0.5, 0.6) is 0 Å². The van der Waals surface area contributed by atoms with Crippen LogP contribution in [-0.2, 0) is 5.54 Å². The fourth-order valence-corrected chi connectivity index (χ4v) is 1.94. The molecule has 0 aromatic carbocycles. The number of rotatable bonds is 0. The van der Waals surface area contributed by atoms with Crippen LogP contribution in [0.1, 0.15) is 20.8 Å². The molecule has 0 aliphatic rings. The van der Waals surface area contributed by atoms with Gasteiger partial charge in [0.05, 0.1) is 5.54 Å². The van der Waals surface area contributed by atoms with E-state index in [2.05, 4.69) is 41.8 Å². The van der Waals surface area contributed by atoms with Crippen molar-refractivity contribution in [2.24, 2.45) is 0 Å². The molecule has 62 valence electrons. The van der Waals surface area contributed by atoms with E-state index in [1.54, 1.807) is 6.07 Å². The van der Waals surface area contributed by atoms with Crippen molar-refractivity contribution in [3.8, 4) is 0 Å². The summed E-state index contributed by atoms with van der Waals surface area (Å²) in [6.45, 7) is 6.21. The van der Waals surface area contributed by atoms with Crippen LogP contribution in [0.2, 0.25) is 5.15 Å². The minimum absolute atomic E-state index is 0.0219. The number of halogens is 2. The summed E-state index contributed by atoms with van der Waals surface area (Å²) in [6.07, 6.45) is 0.